The summed E-state index contributed by atoms with van der Waals surface area (Å²) in [5.74, 6) is 0.309. The molecule has 0 aromatic carbocycles. The van der Waals surface area contributed by atoms with Gasteiger partial charge in [0.2, 0.25) is 5.91 Å². The molecule has 2 fully saturated rings. The fourth-order valence-corrected chi connectivity index (χ4v) is 3.20. The fraction of sp³-hybridized carbons (Fsp3) is 0.692. The molecule has 1 aromatic heterocycles. The normalized spacial score (nSPS) is 21.8. The molecule has 4 heteroatoms. The Kier molecular flexibility index (Phi) is 2.65. The Balaban J connectivity index is 1.45. The Hall–Kier alpha value is -1.32. The summed E-state index contributed by atoms with van der Waals surface area (Å²) in [5, 5.41) is 6.66. The molecule has 3 rings (SSSR count). The molecule has 2 aliphatic rings. The van der Waals surface area contributed by atoms with Crippen molar-refractivity contribution in [2.75, 3.05) is 13.1 Å². The fourth-order valence-electron chi connectivity index (χ4n) is 3.20. The van der Waals surface area contributed by atoms with E-state index in [9.17, 15) is 4.79 Å². The van der Waals surface area contributed by atoms with E-state index >= 15 is 0 Å². The van der Waals surface area contributed by atoms with Crippen LogP contribution < -0.4 is 0 Å². The number of aryl methyl sites for hydroxylation is 1. The summed E-state index contributed by atoms with van der Waals surface area (Å²) >= 11 is 0. The number of H-pyrrole nitrogens is 1. The minimum Gasteiger partial charge on any atom is -0.341 e. The van der Waals surface area contributed by atoms with E-state index in [2.05, 4.69) is 10.2 Å². The third-order valence-corrected chi connectivity index (χ3v) is 4.25. The van der Waals surface area contributed by atoms with Gasteiger partial charge in [-0.15, -0.1) is 0 Å². The van der Waals surface area contributed by atoms with E-state index in [-0.39, 0.29) is 0 Å². The van der Waals surface area contributed by atoms with Gasteiger partial charge in [0.25, 0.3) is 0 Å². The van der Waals surface area contributed by atoms with E-state index in [1.54, 1.807) is 6.20 Å². The van der Waals surface area contributed by atoms with Crippen LogP contribution in [0, 0.1) is 5.41 Å². The van der Waals surface area contributed by atoms with Crippen molar-refractivity contribution in [1.29, 1.82) is 0 Å². The van der Waals surface area contributed by atoms with Gasteiger partial charge in [0.1, 0.15) is 0 Å². The molecular weight excluding hydrogens is 214 g/mol. The molecule has 1 aliphatic heterocycles. The minimum absolute atomic E-state index is 0.309. The second-order valence-corrected chi connectivity index (χ2v) is 5.56. The topological polar surface area (TPSA) is 49.0 Å². The van der Waals surface area contributed by atoms with E-state index in [0.29, 0.717) is 17.7 Å². The van der Waals surface area contributed by atoms with E-state index in [1.165, 1.54) is 25.7 Å². The summed E-state index contributed by atoms with van der Waals surface area (Å²) in [6, 6.07) is 0. The number of hydrogen-bond donors (Lipinski definition) is 1. The van der Waals surface area contributed by atoms with Crippen LogP contribution in [-0.2, 0) is 11.2 Å². The van der Waals surface area contributed by atoms with Gasteiger partial charge < -0.3 is 4.90 Å². The van der Waals surface area contributed by atoms with Gasteiger partial charge in [-0.25, -0.2) is 0 Å². The number of nitrogens with one attached hydrogen (secondary N) is 1. The van der Waals surface area contributed by atoms with Crippen LogP contribution in [0.4, 0.5) is 0 Å². The lowest BCUT2D eigenvalue weighted by Gasteiger charge is -2.48. The molecule has 92 valence electrons. The van der Waals surface area contributed by atoms with Crippen molar-refractivity contribution in [2.45, 2.75) is 38.5 Å². The Morgan fingerprint density at radius 3 is 2.82 bits per heavy atom. The molecule has 2 heterocycles. The van der Waals surface area contributed by atoms with Crippen LogP contribution in [-0.4, -0.2) is 34.1 Å². The number of amides is 1. The van der Waals surface area contributed by atoms with Gasteiger partial charge in [0.05, 0.1) is 6.20 Å². The zero-order chi connectivity index (χ0) is 11.7. The molecule has 0 radical (unpaired) electrons. The lowest BCUT2D eigenvalue weighted by atomic mass is 9.78. The number of aromatic nitrogens is 2. The van der Waals surface area contributed by atoms with Gasteiger partial charge in [0.15, 0.2) is 0 Å². The van der Waals surface area contributed by atoms with Gasteiger partial charge in [-0.2, -0.15) is 5.10 Å². The lowest BCUT2D eigenvalue weighted by molar-refractivity contribution is -0.143. The summed E-state index contributed by atoms with van der Waals surface area (Å²) in [4.78, 5) is 14.0. The largest absolute Gasteiger partial charge is 0.341 e. The first-order chi connectivity index (χ1) is 8.27. The van der Waals surface area contributed by atoms with E-state index < -0.39 is 0 Å². The Morgan fingerprint density at radius 1 is 1.41 bits per heavy atom. The third kappa shape index (κ3) is 2.08. The van der Waals surface area contributed by atoms with Crippen LogP contribution >= 0.6 is 0 Å². The Bertz CT molecular complexity index is 385. The number of hydrogen-bond acceptors (Lipinski definition) is 2. The summed E-state index contributed by atoms with van der Waals surface area (Å²) in [6.45, 7) is 2.02. The van der Waals surface area contributed by atoms with E-state index in [0.717, 1.165) is 25.1 Å². The monoisotopic (exact) mass is 233 g/mol. The highest BCUT2D eigenvalue weighted by molar-refractivity contribution is 5.77. The van der Waals surface area contributed by atoms with E-state index in [4.69, 9.17) is 0 Å². The first-order valence-electron chi connectivity index (χ1n) is 6.53. The lowest BCUT2D eigenvalue weighted by Crippen LogP contribution is -2.57. The number of aromatic amines is 1. The molecule has 1 spiro atoms. The first kappa shape index (κ1) is 10.8. The van der Waals surface area contributed by atoms with Crippen LogP contribution in [0.25, 0.3) is 0 Å². The summed E-state index contributed by atoms with van der Waals surface area (Å²) in [7, 11) is 0. The zero-order valence-corrected chi connectivity index (χ0v) is 10.1. The number of rotatable bonds is 3. The average molecular weight is 233 g/mol. The van der Waals surface area contributed by atoms with Crippen molar-refractivity contribution < 1.29 is 4.79 Å². The zero-order valence-electron chi connectivity index (χ0n) is 10.1. The van der Waals surface area contributed by atoms with Crippen molar-refractivity contribution >= 4 is 5.91 Å². The molecule has 0 unspecified atom stereocenters. The maximum Gasteiger partial charge on any atom is 0.222 e. The second-order valence-electron chi connectivity index (χ2n) is 5.56. The Labute approximate surface area is 101 Å². The van der Waals surface area contributed by atoms with Gasteiger partial charge in [0, 0.05) is 31.1 Å². The molecule has 1 aromatic rings. The predicted molar refractivity (Wildman–Crippen MR) is 64.4 cm³/mol. The predicted octanol–water partition coefficient (Wildman–Crippen LogP) is 1.74. The van der Waals surface area contributed by atoms with Gasteiger partial charge >= 0.3 is 0 Å². The molecule has 17 heavy (non-hydrogen) atoms. The molecule has 1 saturated carbocycles. The van der Waals surface area contributed by atoms with Crippen LogP contribution in [0.15, 0.2) is 12.4 Å². The van der Waals surface area contributed by atoms with Gasteiger partial charge in [-0.1, -0.05) is 12.8 Å². The van der Waals surface area contributed by atoms with Crippen molar-refractivity contribution in [3.8, 4) is 0 Å². The van der Waals surface area contributed by atoms with Crippen LogP contribution in [0.1, 0.15) is 37.7 Å². The van der Waals surface area contributed by atoms with Gasteiger partial charge in [-0.3, -0.25) is 9.89 Å². The van der Waals surface area contributed by atoms with Crippen molar-refractivity contribution in [3.63, 3.8) is 0 Å². The highest BCUT2D eigenvalue weighted by atomic mass is 16.2. The average Bonchev–Trinajstić information content (AvgIpc) is 2.94. The molecule has 0 bridgehead atoms. The number of likely N-dealkylation sites (tertiary alicyclic amines) is 1. The maximum absolute atomic E-state index is 12.0. The smallest absolute Gasteiger partial charge is 0.222 e. The van der Waals surface area contributed by atoms with Crippen LogP contribution in [0.3, 0.4) is 0 Å². The van der Waals surface area contributed by atoms with Crippen LogP contribution in [0.5, 0.6) is 0 Å². The maximum atomic E-state index is 12.0. The van der Waals surface area contributed by atoms with Crippen molar-refractivity contribution in [2.24, 2.45) is 5.41 Å². The first-order valence-corrected chi connectivity index (χ1v) is 6.53. The molecule has 1 amide bonds. The molecule has 1 aliphatic carbocycles. The summed E-state index contributed by atoms with van der Waals surface area (Å²) in [6.07, 6.45) is 10.5. The molecule has 4 nitrogen and oxygen atoms in total. The molecule has 1 N–H and O–H groups in total. The van der Waals surface area contributed by atoms with E-state index in [1.807, 2.05) is 11.1 Å². The van der Waals surface area contributed by atoms with Crippen LogP contribution in [0.2, 0.25) is 0 Å². The number of carbonyl (C=O) groups is 1. The number of carbonyl (C=O) groups excluding carboxylic acids is 1. The standard InChI is InChI=1S/C13H19N3O/c17-12(4-3-11-7-14-15-8-11)16-9-13(10-16)5-1-2-6-13/h7-8H,1-6,9-10H2,(H,14,15). The highest BCUT2D eigenvalue weighted by Crippen LogP contribution is 2.45. The van der Waals surface area contributed by atoms with Crippen molar-refractivity contribution in [3.05, 3.63) is 18.0 Å². The highest BCUT2D eigenvalue weighted by Gasteiger charge is 2.46. The van der Waals surface area contributed by atoms with Gasteiger partial charge in [-0.05, 0) is 24.8 Å². The minimum atomic E-state index is 0.309. The molecule has 0 atom stereocenters. The third-order valence-electron chi connectivity index (χ3n) is 4.25. The molecular formula is C13H19N3O. The second kappa shape index (κ2) is 4.17. The Morgan fingerprint density at radius 2 is 2.18 bits per heavy atom. The summed E-state index contributed by atoms with van der Waals surface area (Å²) in [5.41, 5.74) is 1.64. The summed E-state index contributed by atoms with van der Waals surface area (Å²) < 4.78 is 0. The number of nitrogens with zero attached hydrogens (tertiary/aromatic N) is 2. The SMILES string of the molecule is O=C(CCc1cn[nH]c1)N1CC2(CCCC2)C1. The quantitative estimate of drug-likeness (QED) is 0.864. The molecule has 1 saturated heterocycles. The van der Waals surface area contributed by atoms with Crippen molar-refractivity contribution in [1.82, 2.24) is 15.1 Å².